The molecule has 0 radical (unpaired) electrons. The number of carbonyl (C=O) groups excluding carboxylic acids is 1. The van der Waals surface area contributed by atoms with Gasteiger partial charge < -0.3 is 0 Å². The zero-order valence-electron chi connectivity index (χ0n) is 16.4. The maximum absolute atomic E-state index is 13.2. The Morgan fingerprint density at radius 1 is 0.964 bits per heavy atom. The van der Waals surface area contributed by atoms with E-state index in [-0.39, 0.29) is 5.91 Å². The molecule has 3 aromatic rings. The van der Waals surface area contributed by atoms with Crippen LogP contribution in [0.25, 0.3) is 10.8 Å². The molecule has 0 saturated carbocycles. The molecule has 0 N–H and O–H groups in total. The fourth-order valence-corrected chi connectivity index (χ4v) is 3.63. The highest BCUT2D eigenvalue weighted by Gasteiger charge is 2.34. The summed E-state index contributed by atoms with van der Waals surface area (Å²) in [7, 11) is 2.06. The third kappa shape index (κ3) is 3.56. The molecule has 4 rings (SSSR count). The molecule has 0 spiro atoms. The van der Waals surface area contributed by atoms with Crippen molar-refractivity contribution in [2.75, 3.05) is 25.2 Å². The van der Waals surface area contributed by atoms with Gasteiger partial charge in [0.05, 0.1) is 18.0 Å². The van der Waals surface area contributed by atoms with Gasteiger partial charge in [-0.15, -0.1) is 0 Å². The quantitative estimate of drug-likeness (QED) is 0.611. The van der Waals surface area contributed by atoms with Crippen molar-refractivity contribution >= 4 is 33.8 Å². The van der Waals surface area contributed by atoms with Crippen LogP contribution in [-0.4, -0.2) is 36.8 Å². The number of aliphatic imine (C=N–C) groups is 1. The summed E-state index contributed by atoms with van der Waals surface area (Å²) in [6, 6.07) is 22.2. The number of benzene rings is 3. The van der Waals surface area contributed by atoms with E-state index in [0.717, 1.165) is 41.7 Å². The number of hydrogen-bond donors (Lipinski definition) is 0. The van der Waals surface area contributed by atoms with E-state index in [2.05, 4.69) is 37.1 Å². The largest absolute Gasteiger partial charge is 0.293 e. The molecule has 142 valence electrons. The van der Waals surface area contributed by atoms with E-state index >= 15 is 0 Å². The minimum absolute atomic E-state index is 0.0299. The summed E-state index contributed by atoms with van der Waals surface area (Å²) in [6.07, 6.45) is 2.27. The van der Waals surface area contributed by atoms with E-state index in [0.29, 0.717) is 12.4 Å². The summed E-state index contributed by atoms with van der Waals surface area (Å²) in [4.78, 5) is 22.0. The van der Waals surface area contributed by atoms with Crippen molar-refractivity contribution in [1.29, 1.82) is 0 Å². The van der Waals surface area contributed by atoms with Crippen LogP contribution in [0.5, 0.6) is 0 Å². The third-order valence-corrected chi connectivity index (χ3v) is 5.15. The first-order chi connectivity index (χ1) is 13.7. The number of anilines is 1. The van der Waals surface area contributed by atoms with Gasteiger partial charge in [-0.1, -0.05) is 61.9 Å². The van der Waals surface area contributed by atoms with Gasteiger partial charge in [0, 0.05) is 5.56 Å². The molecule has 28 heavy (non-hydrogen) atoms. The summed E-state index contributed by atoms with van der Waals surface area (Å²) in [5.41, 5.74) is 3.17. The van der Waals surface area contributed by atoms with Crippen molar-refractivity contribution in [3.63, 3.8) is 0 Å². The Kier molecular flexibility index (Phi) is 5.22. The van der Waals surface area contributed by atoms with Crippen LogP contribution in [0, 0.1) is 0 Å². The van der Waals surface area contributed by atoms with Crippen molar-refractivity contribution in [2.24, 2.45) is 4.99 Å². The topological polar surface area (TPSA) is 35.9 Å². The lowest BCUT2D eigenvalue weighted by Crippen LogP contribution is -2.39. The molecular weight excluding hydrogens is 346 g/mol. The summed E-state index contributed by atoms with van der Waals surface area (Å²) < 4.78 is 0. The summed E-state index contributed by atoms with van der Waals surface area (Å²) in [5.74, 6) is -0.0299. The van der Waals surface area contributed by atoms with Crippen LogP contribution in [0.3, 0.4) is 0 Å². The predicted molar refractivity (Wildman–Crippen MR) is 116 cm³/mol. The Morgan fingerprint density at radius 3 is 2.54 bits per heavy atom. The minimum Gasteiger partial charge on any atom is -0.293 e. The van der Waals surface area contributed by atoms with E-state index in [1.54, 1.807) is 0 Å². The van der Waals surface area contributed by atoms with E-state index in [1.165, 1.54) is 5.39 Å². The first kappa shape index (κ1) is 18.4. The van der Waals surface area contributed by atoms with Crippen molar-refractivity contribution < 1.29 is 4.79 Å². The molecule has 1 heterocycles. The van der Waals surface area contributed by atoms with E-state index in [1.807, 2.05) is 53.4 Å². The minimum atomic E-state index is -0.0299. The van der Waals surface area contributed by atoms with Crippen LogP contribution in [0.2, 0.25) is 0 Å². The Morgan fingerprint density at radius 2 is 1.71 bits per heavy atom. The number of hydrogen-bond acceptors (Lipinski definition) is 3. The number of rotatable bonds is 6. The van der Waals surface area contributed by atoms with Gasteiger partial charge in [0.2, 0.25) is 0 Å². The Hall–Kier alpha value is -2.98. The van der Waals surface area contributed by atoms with Crippen molar-refractivity contribution in [3.05, 3.63) is 72.3 Å². The molecule has 4 heteroatoms. The fourth-order valence-electron chi connectivity index (χ4n) is 3.63. The SMILES string of the molecule is CCCCN(C)CN1C(=O)C(=Nc2ccc3ccccc3c2)c2ccccc21. The van der Waals surface area contributed by atoms with Gasteiger partial charge >= 0.3 is 0 Å². The van der Waals surface area contributed by atoms with E-state index in [4.69, 9.17) is 4.99 Å². The molecule has 0 saturated heterocycles. The molecule has 0 aromatic heterocycles. The standard InChI is InChI=1S/C24H25N3O/c1-3-4-15-26(2)17-27-22-12-8-7-11-21(22)23(24(27)28)25-20-14-13-18-9-5-6-10-19(18)16-20/h5-14,16H,3-4,15,17H2,1-2H3. The molecular formula is C24H25N3O. The molecule has 0 aliphatic carbocycles. The van der Waals surface area contributed by atoms with Crippen LogP contribution in [0.1, 0.15) is 25.3 Å². The highest BCUT2D eigenvalue weighted by molar-refractivity contribution is 6.54. The van der Waals surface area contributed by atoms with Gasteiger partial charge in [0.15, 0.2) is 0 Å². The maximum atomic E-state index is 13.2. The lowest BCUT2D eigenvalue weighted by Gasteiger charge is -2.24. The molecule has 0 unspecified atom stereocenters. The summed E-state index contributed by atoms with van der Waals surface area (Å²) >= 11 is 0. The second kappa shape index (κ2) is 7.95. The molecule has 4 nitrogen and oxygen atoms in total. The predicted octanol–water partition coefficient (Wildman–Crippen LogP) is 5.00. The maximum Gasteiger partial charge on any atom is 0.278 e. The molecule has 0 fully saturated rings. The van der Waals surface area contributed by atoms with Gasteiger partial charge in [-0.25, -0.2) is 4.99 Å². The van der Waals surface area contributed by atoms with Crippen LogP contribution in [-0.2, 0) is 4.79 Å². The highest BCUT2D eigenvalue weighted by Crippen LogP contribution is 2.31. The number of carbonyl (C=O) groups is 1. The number of unbranched alkanes of at least 4 members (excludes halogenated alkanes) is 1. The van der Waals surface area contributed by atoms with Gasteiger partial charge in [-0.2, -0.15) is 0 Å². The fraction of sp³-hybridized carbons (Fsp3) is 0.250. The van der Waals surface area contributed by atoms with E-state index in [9.17, 15) is 4.79 Å². The zero-order chi connectivity index (χ0) is 19.5. The first-order valence-corrected chi connectivity index (χ1v) is 9.84. The Labute approximate surface area is 166 Å². The normalized spacial score (nSPS) is 15.0. The average Bonchev–Trinajstić information content (AvgIpc) is 2.98. The van der Waals surface area contributed by atoms with Crippen LogP contribution in [0.4, 0.5) is 11.4 Å². The number of fused-ring (bicyclic) bond motifs is 2. The number of nitrogens with zero attached hydrogens (tertiary/aromatic N) is 3. The molecule has 1 aliphatic heterocycles. The molecule has 0 atom stereocenters. The molecule has 0 bridgehead atoms. The summed E-state index contributed by atoms with van der Waals surface area (Å²) in [6.45, 7) is 3.73. The Balaban J connectivity index is 1.68. The molecule has 1 amide bonds. The van der Waals surface area contributed by atoms with Crippen LogP contribution < -0.4 is 4.90 Å². The van der Waals surface area contributed by atoms with Gasteiger partial charge in [-0.3, -0.25) is 14.6 Å². The van der Waals surface area contributed by atoms with Gasteiger partial charge in [0.25, 0.3) is 5.91 Å². The lowest BCUT2D eigenvalue weighted by atomic mass is 10.1. The van der Waals surface area contributed by atoms with Crippen molar-refractivity contribution in [2.45, 2.75) is 19.8 Å². The second-order valence-corrected chi connectivity index (χ2v) is 7.32. The molecule has 3 aromatic carbocycles. The van der Waals surface area contributed by atoms with E-state index < -0.39 is 0 Å². The van der Waals surface area contributed by atoms with Crippen molar-refractivity contribution in [1.82, 2.24) is 4.90 Å². The lowest BCUT2D eigenvalue weighted by molar-refractivity contribution is -0.112. The molecule has 1 aliphatic rings. The van der Waals surface area contributed by atoms with Gasteiger partial charge in [-0.05, 0) is 49.0 Å². The second-order valence-electron chi connectivity index (χ2n) is 7.32. The number of para-hydroxylation sites is 1. The average molecular weight is 371 g/mol. The smallest absolute Gasteiger partial charge is 0.278 e. The highest BCUT2D eigenvalue weighted by atomic mass is 16.2. The first-order valence-electron chi connectivity index (χ1n) is 9.84. The monoisotopic (exact) mass is 371 g/mol. The van der Waals surface area contributed by atoms with Crippen LogP contribution >= 0.6 is 0 Å². The zero-order valence-corrected chi connectivity index (χ0v) is 16.4. The number of amides is 1. The summed E-state index contributed by atoms with van der Waals surface area (Å²) in [5, 5.41) is 2.29. The Bertz CT molecular complexity index is 1040. The van der Waals surface area contributed by atoms with Crippen molar-refractivity contribution in [3.8, 4) is 0 Å². The van der Waals surface area contributed by atoms with Gasteiger partial charge in [0.1, 0.15) is 5.71 Å². The van der Waals surface area contributed by atoms with Crippen LogP contribution in [0.15, 0.2) is 71.7 Å². The third-order valence-electron chi connectivity index (χ3n) is 5.15.